The van der Waals surface area contributed by atoms with E-state index in [-0.39, 0.29) is 26.5 Å². The van der Waals surface area contributed by atoms with Gasteiger partial charge in [0.25, 0.3) is 5.91 Å². The van der Waals surface area contributed by atoms with Gasteiger partial charge in [-0.2, -0.15) is 50.6 Å². The highest BCUT2D eigenvalue weighted by atomic mass is 35.5. The molecule has 16 heteroatoms. The van der Waals surface area contributed by atoms with Gasteiger partial charge in [0.2, 0.25) is 0 Å². The lowest BCUT2D eigenvalue weighted by molar-refractivity contribution is -0.292. The van der Waals surface area contributed by atoms with Crippen molar-refractivity contribution < 1.29 is 39.9 Å². The highest BCUT2D eigenvalue weighted by Crippen LogP contribution is 2.50. The topological polar surface area (TPSA) is 99.4 Å². The van der Waals surface area contributed by atoms with Gasteiger partial charge in [-0.1, -0.05) is 17.7 Å². The van der Waals surface area contributed by atoms with Gasteiger partial charge in [0.05, 0.1) is 33.7 Å². The molecule has 7 nitrogen and oxygen atoms in total. The number of carbonyl (C=O) groups is 1. The van der Waals surface area contributed by atoms with Crippen molar-refractivity contribution in [2.75, 3.05) is 0 Å². The van der Waals surface area contributed by atoms with Crippen LogP contribution in [0, 0.1) is 11.3 Å². The lowest BCUT2D eigenvalue weighted by Crippen LogP contribution is -2.36. The Morgan fingerprint density at radius 1 is 1.16 bits per heavy atom. The first-order valence-corrected chi connectivity index (χ1v) is 10.6. The molecule has 1 aromatic carbocycles. The summed E-state index contributed by atoms with van der Waals surface area (Å²) in [6.45, 7) is 0. The predicted octanol–water partition coefficient (Wildman–Crippen LogP) is 5.59. The first-order valence-electron chi connectivity index (χ1n) is 10.2. The zero-order chi connectivity index (χ0) is 27.6. The van der Waals surface area contributed by atoms with Gasteiger partial charge in [0.1, 0.15) is 11.1 Å². The molecule has 0 radical (unpaired) electrons. The minimum absolute atomic E-state index is 0.00392. The summed E-state index contributed by atoms with van der Waals surface area (Å²) < 4.78 is 108. The van der Waals surface area contributed by atoms with Crippen molar-refractivity contribution in [3.8, 4) is 28.7 Å². The minimum atomic E-state index is -6.33. The molecule has 0 aliphatic heterocycles. The van der Waals surface area contributed by atoms with E-state index in [9.17, 15) is 39.9 Å². The summed E-state index contributed by atoms with van der Waals surface area (Å²) in [6, 6.07) is 6.82. The van der Waals surface area contributed by atoms with Crippen molar-refractivity contribution in [1.82, 2.24) is 25.3 Å². The number of halogens is 9. The number of aryl methyl sites for hydroxylation is 1. The lowest BCUT2D eigenvalue weighted by atomic mass is 10.0. The number of aromatic amines is 1. The zero-order valence-corrected chi connectivity index (χ0v) is 19.1. The minimum Gasteiger partial charge on any atom is -0.334 e. The van der Waals surface area contributed by atoms with Crippen molar-refractivity contribution in [2.45, 2.75) is 36.7 Å². The summed E-state index contributed by atoms with van der Waals surface area (Å²) in [5.41, 5.74) is -7.48. The Balaban J connectivity index is 1.77. The number of nitrogens with one attached hydrogen (secondary N) is 2. The van der Waals surface area contributed by atoms with Crippen LogP contribution in [-0.4, -0.2) is 37.6 Å². The molecule has 0 bridgehead atoms. The number of amides is 1. The van der Waals surface area contributed by atoms with E-state index in [1.807, 2.05) is 6.07 Å². The number of hydrogen-bond donors (Lipinski definition) is 2. The van der Waals surface area contributed by atoms with Gasteiger partial charge in [-0.05, 0) is 31.0 Å². The zero-order valence-electron chi connectivity index (χ0n) is 18.3. The van der Waals surface area contributed by atoms with Crippen molar-refractivity contribution in [3.05, 3.63) is 46.1 Å². The number of H-pyrrole nitrogens is 1. The summed E-state index contributed by atoms with van der Waals surface area (Å²) in [7, 11) is 0.773. The smallest absolute Gasteiger partial charge is 0.334 e. The maximum atomic E-state index is 13.9. The molecule has 1 fully saturated rings. The van der Waals surface area contributed by atoms with E-state index in [0.717, 1.165) is 13.1 Å². The number of rotatable bonds is 5. The third-order valence-corrected chi connectivity index (χ3v) is 5.97. The van der Waals surface area contributed by atoms with Crippen LogP contribution in [0.3, 0.4) is 0 Å². The van der Waals surface area contributed by atoms with Crippen LogP contribution < -0.4 is 5.32 Å². The maximum Gasteiger partial charge on any atom is 0.459 e. The maximum absolute atomic E-state index is 13.9. The predicted molar refractivity (Wildman–Crippen MR) is 111 cm³/mol. The molecule has 1 aliphatic rings. The molecule has 37 heavy (non-hydrogen) atoms. The normalized spacial score (nSPS) is 15.4. The standard InChI is InChI=1S/C21H13ClF8N6O/c1-36-15(14(20(25,26)27)16(35-36)19(23,24)21(28,29)30)13-7-12(33-34-13)9-2-3-11(22)10(6-9)17(37)32-18(8-31)4-5-18/h2-3,6-7H,4-5H2,1H3,(H,32,37)(H,33,34). The van der Waals surface area contributed by atoms with Crippen LogP contribution in [0.25, 0.3) is 22.6 Å². The molecular weight excluding hydrogens is 540 g/mol. The molecule has 2 aromatic heterocycles. The molecule has 196 valence electrons. The molecule has 0 saturated heterocycles. The van der Waals surface area contributed by atoms with Gasteiger partial charge < -0.3 is 5.32 Å². The van der Waals surface area contributed by atoms with Crippen LogP contribution in [0.5, 0.6) is 0 Å². The molecule has 2 heterocycles. The van der Waals surface area contributed by atoms with Gasteiger partial charge >= 0.3 is 18.3 Å². The van der Waals surface area contributed by atoms with Gasteiger partial charge in [0, 0.05) is 12.6 Å². The Bertz CT molecular complexity index is 1430. The molecule has 0 atom stereocenters. The number of carbonyl (C=O) groups excluding carboxylic acids is 1. The van der Waals surface area contributed by atoms with Crippen molar-refractivity contribution >= 4 is 17.5 Å². The number of aromatic nitrogens is 4. The molecule has 1 aliphatic carbocycles. The Kier molecular flexibility index (Phi) is 6.02. The van der Waals surface area contributed by atoms with Crippen LogP contribution >= 0.6 is 11.6 Å². The van der Waals surface area contributed by atoms with Gasteiger partial charge in [0.15, 0.2) is 5.69 Å². The fourth-order valence-corrected chi connectivity index (χ4v) is 3.78. The fourth-order valence-electron chi connectivity index (χ4n) is 3.58. The van der Waals surface area contributed by atoms with Gasteiger partial charge in [-0.25, -0.2) is 0 Å². The molecular formula is C21H13ClF8N6O. The van der Waals surface area contributed by atoms with Crippen molar-refractivity contribution in [3.63, 3.8) is 0 Å². The quantitative estimate of drug-likeness (QED) is 0.403. The average Bonchev–Trinajstić information content (AvgIpc) is 3.21. The SMILES string of the molecule is Cn1nc(C(F)(F)C(F)(F)F)c(C(F)(F)F)c1-c1cc(-c2ccc(Cl)c(C(=O)NC3(C#N)CC3)c2)n[nH]1. The van der Waals surface area contributed by atoms with E-state index in [1.54, 1.807) is 0 Å². The lowest BCUT2D eigenvalue weighted by Gasteiger charge is -2.19. The van der Waals surface area contributed by atoms with Crippen molar-refractivity contribution in [1.29, 1.82) is 5.26 Å². The highest BCUT2D eigenvalue weighted by molar-refractivity contribution is 6.34. The number of alkyl halides is 8. The van der Waals surface area contributed by atoms with Crippen LogP contribution in [0.15, 0.2) is 24.3 Å². The number of hydrogen-bond acceptors (Lipinski definition) is 4. The molecule has 1 amide bonds. The van der Waals surface area contributed by atoms with Crippen LogP contribution in [-0.2, 0) is 19.1 Å². The van der Waals surface area contributed by atoms with Crippen molar-refractivity contribution in [2.24, 2.45) is 7.05 Å². The fraction of sp³-hybridized carbons (Fsp3) is 0.333. The third-order valence-electron chi connectivity index (χ3n) is 5.64. The van der Waals surface area contributed by atoms with Gasteiger partial charge in [-0.15, -0.1) is 0 Å². The van der Waals surface area contributed by atoms with Crippen LogP contribution in [0.4, 0.5) is 35.1 Å². The van der Waals surface area contributed by atoms with E-state index in [4.69, 9.17) is 16.9 Å². The van der Waals surface area contributed by atoms with Crippen LogP contribution in [0.2, 0.25) is 5.02 Å². The van der Waals surface area contributed by atoms with E-state index in [2.05, 4.69) is 20.6 Å². The second kappa shape index (κ2) is 8.44. The number of nitriles is 1. The molecule has 3 aromatic rings. The van der Waals surface area contributed by atoms with E-state index in [0.29, 0.717) is 12.8 Å². The molecule has 2 N–H and O–H groups in total. The Labute approximate surface area is 207 Å². The largest absolute Gasteiger partial charge is 0.459 e. The summed E-state index contributed by atoms with van der Waals surface area (Å²) in [5, 5.41) is 20.5. The highest BCUT2D eigenvalue weighted by Gasteiger charge is 2.64. The first kappa shape index (κ1) is 26.4. The Hall–Kier alpha value is -3.67. The monoisotopic (exact) mass is 552 g/mol. The van der Waals surface area contributed by atoms with E-state index in [1.165, 1.54) is 18.2 Å². The summed E-state index contributed by atoms with van der Waals surface area (Å²) >= 11 is 6.07. The van der Waals surface area contributed by atoms with Gasteiger partial charge in [-0.3, -0.25) is 14.6 Å². The number of nitrogens with zero attached hydrogens (tertiary/aromatic N) is 4. The molecule has 0 unspecified atom stereocenters. The first-order chi connectivity index (χ1) is 17.0. The Morgan fingerprint density at radius 3 is 2.35 bits per heavy atom. The molecule has 1 saturated carbocycles. The second-order valence-electron chi connectivity index (χ2n) is 8.28. The Morgan fingerprint density at radius 2 is 1.81 bits per heavy atom. The van der Waals surface area contributed by atoms with Crippen LogP contribution in [0.1, 0.15) is 34.5 Å². The average molecular weight is 553 g/mol. The van der Waals surface area contributed by atoms with E-state index >= 15 is 0 Å². The summed E-state index contributed by atoms with van der Waals surface area (Å²) in [5.74, 6) is -6.58. The number of benzene rings is 1. The molecule has 0 spiro atoms. The summed E-state index contributed by atoms with van der Waals surface area (Å²) in [6.07, 6.45) is -11.1. The third kappa shape index (κ3) is 4.61. The summed E-state index contributed by atoms with van der Waals surface area (Å²) in [4.78, 5) is 12.6. The van der Waals surface area contributed by atoms with E-state index < -0.39 is 52.4 Å². The second-order valence-corrected chi connectivity index (χ2v) is 8.68. The molecule has 4 rings (SSSR count).